The normalized spacial score (nSPS) is 16.6. The fourth-order valence-corrected chi connectivity index (χ4v) is 4.24. The second-order valence-electron chi connectivity index (χ2n) is 7.64. The van der Waals surface area contributed by atoms with E-state index in [4.69, 9.17) is 11.6 Å². The molecule has 1 atom stereocenters. The summed E-state index contributed by atoms with van der Waals surface area (Å²) in [6.45, 7) is 1.93. The number of phenolic OH excluding ortho intramolecular Hbond substituents is 1. The van der Waals surface area contributed by atoms with Crippen molar-refractivity contribution in [3.63, 3.8) is 0 Å². The van der Waals surface area contributed by atoms with Gasteiger partial charge in [0.2, 0.25) is 0 Å². The Kier molecular flexibility index (Phi) is 4.48. The van der Waals surface area contributed by atoms with Crippen molar-refractivity contribution in [2.75, 3.05) is 25.0 Å². The molecule has 1 aliphatic rings. The average molecular weight is 427 g/mol. The van der Waals surface area contributed by atoms with E-state index in [1.54, 1.807) is 31.6 Å². The van der Waals surface area contributed by atoms with Crippen LogP contribution < -0.4 is 10.2 Å². The zero-order valence-electron chi connectivity index (χ0n) is 16.5. The predicted octanol–water partition coefficient (Wildman–Crippen LogP) is 3.48. The lowest BCUT2D eigenvalue weighted by atomic mass is 10.1. The van der Waals surface area contributed by atoms with Gasteiger partial charge in [-0.3, -0.25) is 4.68 Å². The van der Waals surface area contributed by atoms with Crippen molar-refractivity contribution < 1.29 is 9.50 Å². The number of pyridine rings is 2. The molecule has 3 aromatic heterocycles. The molecule has 0 unspecified atom stereocenters. The first-order chi connectivity index (χ1) is 14.4. The molecule has 0 saturated carbocycles. The molecule has 1 fully saturated rings. The van der Waals surface area contributed by atoms with Crippen molar-refractivity contribution >= 4 is 39.2 Å². The highest BCUT2D eigenvalue weighted by atomic mass is 35.5. The minimum atomic E-state index is -0.781. The van der Waals surface area contributed by atoms with Crippen LogP contribution in [0.15, 0.2) is 30.6 Å². The summed E-state index contributed by atoms with van der Waals surface area (Å²) in [5, 5.41) is 19.5. The van der Waals surface area contributed by atoms with Crippen LogP contribution in [0, 0.1) is 5.82 Å². The molecule has 1 saturated heterocycles. The van der Waals surface area contributed by atoms with E-state index in [-0.39, 0.29) is 11.1 Å². The lowest BCUT2D eigenvalue weighted by Crippen LogP contribution is -2.33. The maximum Gasteiger partial charge on any atom is 0.193 e. The van der Waals surface area contributed by atoms with Crippen LogP contribution in [0.1, 0.15) is 6.42 Å². The minimum Gasteiger partial charge on any atom is -0.504 e. The molecule has 0 spiro atoms. The highest BCUT2D eigenvalue weighted by molar-refractivity contribution is 6.35. The fraction of sp³-hybridized carbons (Fsp3) is 0.286. The Morgan fingerprint density at radius 1 is 1.33 bits per heavy atom. The van der Waals surface area contributed by atoms with Gasteiger partial charge in [0.05, 0.1) is 22.6 Å². The van der Waals surface area contributed by atoms with Crippen molar-refractivity contribution in [3.05, 3.63) is 41.4 Å². The van der Waals surface area contributed by atoms with E-state index in [9.17, 15) is 9.50 Å². The summed E-state index contributed by atoms with van der Waals surface area (Å²) in [5.41, 5.74) is 2.10. The molecule has 30 heavy (non-hydrogen) atoms. The van der Waals surface area contributed by atoms with Gasteiger partial charge in [0.25, 0.3) is 0 Å². The van der Waals surface area contributed by atoms with Crippen LogP contribution >= 0.6 is 11.6 Å². The first kappa shape index (κ1) is 19.0. The number of hydrogen-bond donors (Lipinski definition) is 2. The Labute approximate surface area is 177 Å². The lowest BCUT2D eigenvalue weighted by Gasteiger charge is -2.25. The van der Waals surface area contributed by atoms with Crippen LogP contribution in [0.4, 0.5) is 10.1 Å². The largest absolute Gasteiger partial charge is 0.504 e. The minimum absolute atomic E-state index is 0.109. The maximum absolute atomic E-state index is 14.6. The molecular weight excluding hydrogens is 407 g/mol. The van der Waals surface area contributed by atoms with E-state index >= 15 is 0 Å². The van der Waals surface area contributed by atoms with Gasteiger partial charge in [0.1, 0.15) is 5.52 Å². The Bertz CT molecular complexity index is 1280. The van der Waals surface area contributed by atoms with E-state index in [0.717, 1.165) is 25.2 Å². The Morgan fingerprint density at radius 3 is 2.93 bits per heavy atom. The molecule has 0 bridgehead atoms. The van der Waals surface area contributed by atoms with Crippen molar-refractivity contribution in [2.24, 2.45) is 7.05 Å². The van der Waals surface area contributed by atoms with Gasteiger partial charge in [-0.05, 0) is 31.2 Å². The van der Waals surface area contributed by atoms with Gasteiger partial charge in [-0.15, -0.1) is 0 Å². The molecule has 2 N–H and O–H groups in total. The second kappa shape index (κ2) is 7.07. The van der Waals surface area contributed by atoms with Crippen molar-refractivity contribution in [3.8, 4) is 17.0 Å². The first-order valence-electron chi connectivity index (χ1n) is 9.67. The molecule has 1 aromatic carbocycles. The van der Waals surface area contributed by atoms with Gasteiger partial charge >= 0.3 is 0 Å². The number of hydrogen-bond acceptors (Lipinski definition) is 6. The highest BCUT2D eigenvalue weighted by Gasteiger charge is 2.22. The van der Waals surface area contributed by atoms with Crippen molar-refractivity contribution in [1.29, 1.82) is 0 Å². The number of aryl methyl sites for hydroxylation is 1. The standard InChI is InChI=1S/C21H20ClFN6O/c1-28-10-11-5-15(20(30)18(23)19(11)27-28)17-7-16(22)14-6-13(9-25-21(14)26-17)29(2)12-3-4-24-8-12/h5-7,9-10,12,24,30H,3-4,8H2,1-2H3/t12-/m1/s1. The van der Waals surface area contributed by atoms with Crippen LogP contribution in [-0.4, -0.2) is 51.0 Å². The number of benzene rings is 1. The smallest absolute Gasteiger partial charge is 0.193 e. The monoisotopic (exact) mass is 426 g/mol. The first-order valence-corrected chi connectivity index (χ1v) is 10.0. The SMILES string of the molecule is CN(c1cnc2nc(-c3cc4cn(C)nc4c(F)c3O)cc(Cl)c2c1)[C@@H]1CCNC1. The summed E-state index contributed by atoms with van der Waals surface area (Å²) in [7, 11) is 3.74. The number of rotatable bonds is 3. The van der Waals surface area contributed by atoms with Crippen molar-refractivity contribution in [1.82, 2.24) is 25.1 Å². The zero-order valence-corrected chi connectivity index (χ0v) is 17.3. The third kappa shape index (κ3) is 3.03. The van der Waals surface area contributed by atoms with Crippen LogP contribution in [0.3, 0.4) is 0 Å². The summed E-state index contributed by atoms with van der Waals surface area (Å²) >= 11 is 6.56. The summed E-state index contributed by atoms with van der Waals surface area (Å²) < 4.78 is 16.1. The number of fused-ring (bicyclic) bond motifs is 2. The molecule has 4 aromatic rings. The highest BCUT2D eigenvalue weighted by Crippen LogP contribution is 2.38. The Hall–Kier alpha value is -2.97. The molecule has 154 valence electrons. The summed E-state index contributed by atoms with van der Waals surface area (Å²) in [5.74, 6) is -1.29. The van der Waals surface area contributed by atoms with Gasteiger partial charge in [0.15, 0.2) is 17.2 Å². The third-order valence-corrected chi connectivity index (χ3v) is 6.01. The molecule has 1 aliphatic heterocycles. The predicted molar refractivity (Wildman–Crippen MR) is 116 cm³/mol. The van der Waals surface area contributed by atoms with Gasteiger partial charge in [-0.1, -0.05) is 11.6 Å². The zero-order chi connectivity index (χ0) is 21.0. The van der Waals surface area contributed by atoms with Gasteiger partial charge < -0.3 is 15.3 Å². The molecule has 0 radical (unpaired) electrons. The molecule has 0 aliphatic carbocycles. The van der Waals surface area contributed by atoms with Crippen LogP contribution in [-0.2, 0) is 7.05 Å². The van der Waals surface area contributed by atoms with E-state index in [2.05, 4.69) is 25.3 Å². The average Bonchev–Trinajstić information content (AvgIpc) is 3.39. The maximum atomic E-state index is 14.6. The summed E-state index contributed by atoms with van der Waals surface area (Å²) in [6.07, 6.45) is 4.52. The Balaban J connectivity index is 1.61. The Morgan fingerprint density at radius 2 is 2.17 bits per heavy atom. The van der Waals surface area contributed by atoms with Crippen LogP contribution in [0.5, 0.6) is 5.75 Å². The number of halogens is 2. The summed E-state index contributed by atoms with van der Waals surface area (Å²) in [4.78, 5) is 11.2. The molecular formula is C21H20ClFN6O. The van der Waals surface area contributed by atoms with Crippen molar-refractivity contribution in [2.45, 2.75) is 12.5 Å². The van der Waals surface area contributed by atoms with Gasteiger partial charge in [-0.2, -0.15) is 5.10 Å². The number of phenols is 1. The number of aromatic hydroxyl groups is 1. The van der Waals surface area contributed by atoms with Crippen LogP contribution in [0.2, 0.25) is 5.02 Å². The molecule has 7 nitrogen and oxygen atoms in total. The number of likely N-dealkylation sites (N-methyl/N-ethyl adjacent to an activating group) is 1. The molecule has 4 heterocycles. The number of nitrogens with zero attached hydrogens (tertiary/aromatic N) is 5. The van der Waals surface area contributed by atoms with E-state index in [0.29, 0.717) is 33.2 Å². The van der Waals surface area contributed by atoms with E-state index in [1.165, 1.54) is 4.68 Å². The fourth-order valence-electron chi connectivity index (χ4n) is 4.00. The quantitative estimate of drug-likeness (QED) is 0.522. The van der Waals surface area contributed by atoms with E-state index < -0.39 is 11.6 Å². The third-order valence-electron chi connectivity index (χ3n) is 5.69. The molecule has 5 rings (SSSR count). The molecule has 9 heteroatoms. The summed E-state index contributed by atoms with van der Waals surface area (Å²) in [6, 6.07) is 5.65. The number of anilines is 1. The number of aromatic nitrogens is 4. The van der Waals surface area contributed by atoms with Gasteiger partial charge in [-0.25, -0.2) is 14.4 Å². The van der Waals surface area contributed by atoms with E-state index in [1.807, 2.05) is 13.1 Å². The lowest BCUT2D eigenvalue weighted by molar-refractivity contribution is 0.437. The topological polar surface area (TPSA) is 79.1 Å². The second-order valence-corrected chi connectivity index (χ2v) is 8.05. The number of nitrogens with one attached hydrogen (secondary N) is 1. The van der Waals surface area contributed by atoms with Crippen LogP contribution in [0.25, 0.3) is 33.2 Å². The molecule has 0 amide bonds. The van der Waals surface area contributed by atoms with Gasteiger partial charge in [0, 0.05) is 49.2 Å².